The van der Waals surface area contributed by atoms with Crippen LogP contribution < -0.4 is 4.72 Å². The van der Waals surface area contributed by atoms with Crippen molar-refractivity contribution < 1.29 is 0 Å². The Morgan fingerprint density at radius 3 is 1.88 bits per heavy atom. The molecule has 0 fully saturated rings. The molecule has 98 valence electrons. The predicted octanol–water partition coefficient (Wildman–Crippen LogP) is 0.999. The van der Waals surface area contributed by atoms with E-state index in [2.05, 4.69) is 68.8 Å². The first kappa shape index (κ1) is 16.9. The number of rotatable bonds is 10. The van der Waals surface area contributed by atoms with E-state index < -0.39 is 0 Å². The summed E-state index contributed by atoms with van der Waals surface area (Å²) in [7, 11) is 10.3. The van der Waals surface area contributed by atoms with Gasteiger partial charge in [-0.3, -0.25) is 4.72 Å². The maximum atomic E-state index is 3.25. The van der Waals surface area contributed by atoms with Gasteiger partial charge in [-0.1, -0.05) is 0 Å². The molecule has 0 saturated carbocycles. The van der Waals surface area contributed by atoms with Crippen LogP contribution in [0.4, 0.5) is 0 Å². The Hall–Kier alpha value is 0.920. The lowest BCUT2D eigenvalue weighted by atomic mass is 10.4. The molecule has 0 heterocycles. The molecule has 0 aliphatic heterocycles. The van der Waals surface area contributed by atoms with Crippen LogP contribution in [0.25, 0.3) is 0 Å². The quantitative estimate of drug-likeness (QED) is 0.356. The first-order chi connectivity index (χ1) is 7.56. The Balaban J connectivity index is 3.39. The molecule has 0 aromatic carbocycles. The molecular formula is C10H25IN4S. The SMILES string of the molecule is CN(C)CCN(C)CCN(C)CCNSI. The fourth-order valence-corrected chi connectivity index (χ4v) is 2.04. The van der Waals surface area contributed by atoms with Crippen molar-refractivity contribution in [1.29, 1.82) is 0 Å². The van der Waals surface area contributed by atoms with Crippen LogP contribution in [0.2, 0.25) is 0 Å². The molecule has 0 spiro atoms. The van der Waals surface area contributed by atoms with Crippen molar-refractivity contribution in [3.63, 3.8) is 0 Å². The van der Waals surface area contributed by atoms with Crippen molar-refractivity contribution >= 4 is 30.3 Å². The van der Waals surface area contributed by atoms with Crippen molar-refractivity contribution in [2.24, 2.45) is 0 Å². The molecule has 0 aromatic rings. The fourth-order valence-electron chi connectivity index (χ4n) is 1.21. The van der Waals surface area contributed by atoms with Gasteiger partial charge in [-0.2, -0.15) is 0 Å². The maximum absolute atomic E-state index is 3.25. The monoisotopic (exact) mass is 360 g/mol. The van der Waals surface area contributed by atoms with Gasteiger partial charge >= 0.3 is 0 Å². The van der Waals surface area contributed by atoms with Crippen molar-refractivity contribution in [3.8, 4) is 0 Å². The minimum Gasteiger partial charge on any atom is -0.308 e. The summed E-state index contributed by atoms with van der Waals surface area (Å²) in [6.07, 6.45) is 0. The molecule has 0 unspecified atom stereocenters. The van der Waals surface area contributed by atoms with Gasteiger partial charge < -0.3 is 14.7 Å². The summed E-state index contributed by atoms with van der Waals surface area (Å²) in [5, 5.41) is 0. The van der Waals surface area contributed by atoms with E-state index in [1.54, 1.807) is 9.12 Å². The van der Waals surface area contributed by atoms with E-state index in [4.69, 9.17) is 0 Å². The zero-order valence-electron chi connectivity index (χ0n) is 10.9. The van der Waals surface area contributed by atoms with E-state index in [0.717, 1.165) is 39.3 Å². The highest BCUT2D eigenvalue weighted by Gasteiger charge is 2.02. The van der Waals surface area contributed by atoms with Gasteiger partial charge in [0.2, 0.25) is 0 Å². The van der Waals surface area contributed by atoms with Crippen LogP contribution >= 0.6 is 30.3 Å². The molecule has 0 atom stereocenters. The van der Waals surface area contributed by atoms with Crippen molar-refractivity contribution in [2.75, 3.05) is 67.5 Å². The summed E-state index contributed by atoms with van der Waals surface area (Å²) in [6.45, 7) is 6.71. The molecule has 0 saturated heterocycles. The Kier molecular flexibility index (Phi) is 11.7. The molecule has 0 aromatic heterocycles. The molecule has 0 aliphatic rings. The lowest BCUT2D eigenvalue weighted by molar-refractivity contribution is 0.239. The van der Waals surface area contributed by atoms with E-state index in [1.807, 2.05) is 0 Å². The highest BCUT2D eigenvalue weighted by molar-refractivity contribution is 14.2. The van der Waals surface area contributed by atoms with Crippen LogP contribution in [0.5, 0.6) is 0 Å². The van der Waals surface area contributed by atoms with E-state index in [-0.39, 0.29) is 0 Å². The van der Waals surface area contributed by atoms with E-state index in [9.17, 15) is 0 Å². The van der Waals surface area contributed by atoms with Gasteiger partial charge in [0.25, 0.3) is 0 Å². The molecule has 1 N–H and O–H groups in total. The number of nitrogens with one attached hydrogen (secondary N) is 1. The van der Waals surface area contributed by atoms with E-state index in [1.165, 1.54) is 0 Å². The lowest BCUT2D eigenvalue weighted by Gasteiger charge is -2.23. The second-order valence-electron chi connectivity index (χ2n) is 4.38. The number of halogens is 1. The first-order valence-electron chi connectivity index (χ1n) is 5.58. The number of nitrogens with zero attached hydrogens (tertiary/aromatic N) is 3. The molecule has 4 nitrogen and oxygen atoms in total. The van der Waals surface area contributed by atoms with Crippen LogP contribution in [0, 0.1) is 0 Å². The van der Waals surface area contributed by atoms with Crippen LogP contribution in [0.3, 0.4) is 0 Å². The average molecular weight is 360 g/mol. The zero-order chi connectivity index (χ0) is 12.4. The Bertz CT molecular complexity index is 160. The summed E-state index contributed by atoms with van der Waals surface area (Å²) in [5.74, 6) is 0. The third-order valence-electron chi connectivity index (χ3n) is 2.44. The summed E-state index contributed by atoms with van der Waals surface area (Å²) < 4.78 is 3.25. The predicted molar refractivity (Wildman–Crippen MR) is 83.2 cm³/mol. The third-order valence-corrected chi connectivity index (χ3v) is 3.69. The molecule has 0 amide bonds. The lowest BCUT2D eigenvalue weighted by Crippen LogP contribution is -2.36. The number of hydrogen-bond acceptors (Lipinski definition) is 5. The van der Waals surface area contributed by atoms with Gasteiger partial charge in [0, 0.05) is 60.5 Å². The van der Waals surface area contributed by atoms with Crippen LogP contribution in [-0.2, 0) is 0 Å². The van der Waals surface area contributed by atoms with E-state index in [0.29, 0.717) is 0 Å². The second kappa shape index (κ2) is 11.0. The Labute approximate surface area is 117 Å². The molecule has 0 radical (unpaired) electrons. The minimum absolute atomic E-state index is 1.05. The molecule has 0 rings (SSSR count). The molecule has 6 heteroatoms. The summed E-state index contributed by atoms with van der Waals surface area (Å²) in [5.41, 5.74) is 0. The van der Waals surface area contributed by atoms with Crippen LogP contribution in [-0.4, -0.2) is 82.2 Å². The number of likely N-dealkylation sites (N-methyl/N-ethyl adjacent to an activating group) is 3. The maximum Gasteiger partial charge on any atom is 0.0194 e. The Morgan fingerprint density at radius 1 is 0.875 bits per heavy atom. The van der Waals surface area contributed by atoms with Gasteiger partial charge in [0.15, 0.2) is 0 Å². The highest BCUT2D eigenvalue weighted by atomic mass is 127. The van der Waals surface area contributed by atoms with Gasteiger partial charge in [-0.25, -0.2) is 0 Å². The van der Waals surface area contributed by atoms with Crippen LogP contribution in [0.15, 0.2) is 0 Å². The first-order valence-corrected chi connectivity index (χ1v) is 8.94. The summed E-state index contributed by atoms with van der Waals surface area (Å²) in [6, 6.07) is 0. The standard InChI is InChI=1S/C10H25IN4S/c1-13(2)7-8-15(4)10-9-14(3)6-5-12-16-11/h12H,5-10H2,1-4H3. The third kappa shape index (κ3) is 11.4. The topological polar surface area (TPSA) is 21.8 Å². The second-order valence-corrected chi connectivity index (χ2v) is 6.15. The molecule has 0 aliphatic carbocycles. The molecule has 16 heavy (non-hydrogen) atoms. The van der Waals surface area contributed by atoms with Gasteiger partial charge in [-0.05, 0) is 37.3 Å². The fraction of sp³-hybridized carbons (Fsp3) is 1.00. The zero-order valence-corrected chi connectivity index (χ0v) is 13.8. The normalized spacial score (nSPS) is 12.0. The van der Waals surface area contributed by atoms with Gasteiger partial charge in [0.1, 0.15) is 0 Å². The smallest absolute Gasteiger partial charge is 0.0194 e. The summed E-state index contributed by atoms with van der Waals surface area (Å²) >= 11 is 2.26. The van der Waals surface area contributed by atoms with Gasteiger partial charge in [-0.15, -0.1) is 0 Å². The van der Waals surface area contributed by atoms with Crippen molar-refractivity contribution in [3.05, 3.63) is 0 Å². The Morgan fingerprint density at radius 2 is 1.38 bits per heavy atom. The highest BCUT2D eigenvalue weighted by Crippen LogP contribution is 2.02. The number of hydrogen-bond donors (Lipinski definition) is 1. The van der Waals surface area contributed by atoms with E-state index >= 15 is 0 Å². The van der Waals surface area contributed by atoms with Crippen LogP contribution in [0.1, 0.15) is 0 Å². The van der Waals surface area contributed by atoms with Crippen molar-refractivity contribution in [2.45, 2.75) is 0 Å². The molecular weight excluding hydrogens is 335 g/mol. The summed E-state index contributed by atoms with van der Waals surface area (Å²) in [4.78, 5) is 6.98. The largest absolute Gasteiger partial charge is 0.308 e. The van der Waals surface area contributed by atoms with Gasteiger partial charge in [0.05, 0.1) is 0 Å². The average Bonchev–Trinajstić information content (AvgIpc) is 2.24. The minimum atomic E-state index is 1.05. The molecule has 0 bridgehead atoms. The van der Waals surface area contributed by atoms with Crippen molar-refractivity contribution in [1.82, 2.24) is 19.4 Å².